The normalized spacial score (nSPS) is 8.64. The van der Waals surface area contributed by atoms with E-state index < -0.39 is 0 Å². The van der Waals surface area contributed by atoms with Crippen LogP contribution < -0.4 is 6.15 Å². The predicted octanol–water partition coefficient (Wildman–Crippen LogP) is 2.39. The fourth-order valence-corrected chi connectivity index (χ4v) is 0.698. The molecule has 11 heavy (non-hydrogen) atoms. The number of hydrogen-bond donors (Lipinski definition) is 1. The largest absolute Gasteiger partial charge is 0.344 e. The van der Waals surface area contributed by atoms with Crippen molar-refractivity contribution in [1.82, 2.24) is 6.15 Å². The second kappa shape index (κ2) is 5.21. The Morgan fingerprint density at radius 3 is 2.36 bits per heavy atom. The second-order valence-corrected chi connectivity index (χ2v) is 1.87. The molecule has 0 aromatic heterocycles. The third kappa shape index (κ3) is 3.19. The van der Waals surface area contributed by atoms with Gasteiger partial charge in [0.1, 0.15) is 0 Å². The van der Waals surface area contributed by atoms with Crippen LogP contribution in [0.5, 0.6) is 0 Å². The molecule has 1 aromatic rings. The zero-order chi connectivity index (χ0) is 7.23. The van der Waals surface area contributed by atoms with Gasteiger partial charge in [-0.3, -0.25) is 0 Å². The van der Waals surface area contributed by atoms with E-state index >= 15 is 0 Å². The molecule has 0 aliphatic rings. The average Bonchev–Trinajstić information content (AvgIpc) is 2.03. The van der Waals surface area contributed by atoms with Crippen LogP contribution in [0.15, 0.2) is 36.4 Å². The first-order chi connectivity index (χ1) is 4.93. The highest BCUT2D eigenvalue weighted by Gasteiger charge is 1.79. The fourth-order valence-electron chi connectivity index (χ4n) is 0.698. The lowest BCUT2D eigenvalue weighted by Gasteiger charge is -1.86. The fraction of sp³-hybridized carbons (Fsp3) is 0. The Labute approximate surface area is 66.4 Å². The Hall–Kier alpha value is -1.59. The molecule has 0 atom stereocenters. The maximum atomic E-state index is 8.19. The third-order valence-electron chi connectivity index (χ3n) is 1.15. The number of rotatable bonds is 1. The van der Waals surface area contributed by atoms with Gasteiger partial charge in [0.15, 0.2) is 0 Å². The van der Waals surface area contributed by atoms with E-state index in [1.807, 2.05) is 36.4 Å². The van der Waals surface area contributed by atoms with E-state index in [2.05, 4.69) is 0 Å². The first kappa shape index (κ1) is 9.41. The highest BCUT2D eigenvalue weighted by Crippen LogP contribution is 1.99. The molecule has 0 radical (unpaired) electrons. The SMILES string of the molecule is N.N#C/C=C/c1ccccc1. The number of hydrogen-bond acceptors (Lipinski definition) is 2. The van der Waals surface area contributed by atoms with Crippen molar-refractivity contribution in [1.29, 1.82) is 5.26 Å². The molecule has 0 fully saturated rings. The van der Waals surface area contributed by atoms with E-state index in [-0.39, 0.29) is 6.15 Å². The molecule has 56 valence electrons. The summed E-state index contributed by atoms with van der Waals surface area (Å²) in [5, 5.41) is 8.19. The lowest BCUT2D eigenvalue weighted by Crippen LogP contribution is -1.65. The van der Waals surface area contributed by atoms with E-state index in [0.29, 0.717) is 0 Å². The second-order valence-electron chi connectivity index (χ2n) is 1.87. The van der Waals surface area contributed by atoms with Crippen molar-refractivity contribution in [3.8, 4) is 6.07 Å². The molecule has 1 rings (SSSR count). The number of nitriles is 1. The maximum Gasteiger partial charge on any atom is 0.0912 e. The summed E-state index contributed by atoms with van der Waals surface area (Å²) in [7, 11) is 0. The van der Waals surface area contributed by atoms with Crippen LogP contribution in [0.4, 0.5) is 0 Å². The van der Waals surface area contributed by atoms with Gasteiger partial charge in [0.25, 0.3) is 0 Å². The minimum absolute atomic E-state index is 0. The Morgan fingerprint density at radius 1 is 1.18 bits per heavy atom. The Morgan fingerprint density at radius 2 is 1.82 bits per heavy atom. The maximum absolute atomic E-state index is 8.19. The summed E-state index contributed by atoms with van der Waals surface area (Å²) in [4.78, 5) is 0. The van der Waals surface area contributed by atoms with E-state index in [4.69, 9.17) is 5.26 Å². The van der Waals surface area contributed by atoms with E-state index in [1.165, 1.54) is 6.08 Å². The Kier molecular flexibility index (Phi) is 4.46. The topological polar surface area (TPSA) is 58.8 Å². The number of nitrogens with zero attached hydrogens (tertiary/aromatic N) is 1. The summed E-state index contributed by atoms with van der Waals surface area (Å²) in [5.74, 6) is 0. The van der Waals surface area contributed by atoms with Gasteiger partial charge < -0.3 is 6.15 Å². The van der Waals surface area contributed by atoms with Crippen LogP contribution in [-0.4, -0.2) is 0 Å². The monoisotopic (exact) mass is 146 g/mol. The molecule has 2 nitrogen and oxygen atoms in total. The van der Waals surface area contributed by atoms with Crippen molar-refractivity contribution in [2.75, 3.05) is 0 Å². The molecular weight excluding hydrogens is 136 g/mol. The van der Waals surface area contributed by atoms with Crippen molar-refractivity contribution in [2.24, 2.45) is 0 Å². The van der Waals surface area contributed by atoms with Crippen LogP contribution in [0, 0.1) is 11.3 Å². The predicted molar refractivity (Wildman–Crippen MR) is 46.1 cm³/mol. The van der Waals surface area contributed by atoms with Crippen molar-refractivity contribution < 1.29 is 0 Å². The molecule has 0 saturated carbocycles. The molecule has 3 N–H and O–H groups in total. The molecule has 0 bridgehead atoms. The van der Waals surface area contributed by atoms with Crippen LogP contribution in [0.2, 0.25) is 0 Å². The summed E-state index contributed by atoms with van der Waals surface area (Å²) in [6.07, 6.45) is 3.25. The third-order valence-corrected chi connectivity index (χ3v) is 1.15. The molecule has 0 amide bonds. The quantitative estimate of drug-likeness (QED) is 0.618. The number of allylic oxidation sites excluding steroid dienone is 1. The van der Waals surface area contributed by atoms with Crippen LogP contribution in [0.3, 0.4) is 0 Å². The van der Waals surface area contributed by atoms with Crippen LogP contribution >= 0.6 is 0 Å². The Balaban J connectivity index is 0.000001000. The van der Waals surface area contributed by atoms with Gasteiger partial charge in [0.2, 0.25) is 0 Å². The van der Waals surface area contributed by atoms with Crippen molar-refractivity contribution >= 4 is 6.08 Å². The van der Waals surface area contributed by atoms with Crippen LogP contribution in [0.1, 0.15) is 5.56 Å². The van der Waals surface area contributed by atoms with Crippen LogP contribution in [0.25, 0.3) is 6.08 Å². The summed E-state index contributed by atoms with van der Waals surface area (Å²) in [6.45, 7) is 0. The van der Waals surface area contributed by atoms with Gasteiger partial charge in [-0.2, -0.15) is 5.26 Å². The molecular formula is C9H10N2. The summed E-state index contributed by atoms with van der Waals surface area (Å²) < 4.78 is 0. The highest BCUT2D eigenvalue weighted by atomic mass is 14.2. The minimum Gasteiger partial charge on any atom is -0.344 e. The smallest absolute Gasteiger partial charge is 0.0912 e. The van der Waals surface area contributed by atoms with Crippen molar-refractivity contribution in [3.05, 3.63) is 42.0 Å². The summed E-state index contributed by atoms with van der Waals surface area (Å²) >= 11 is 0. The molecule has 0 heterocycles. The molecule has 0 aliphatic heterocycles. The van der Waals surface area contributed by atoms with Gasteiger partial charge >= 0.3 is 0 Å². The van der Waals surface area contributed by atoms with Crippen molar-refractivity contribution in [2.45, 2.75) is 0 Å². The first-order valence-electron chi connectivity index (χ1n) is 3.04. The lowest BCUT2D eigenvalue weighted by atomic mass is 10.2. The molecule has 1 aromatic carbocycles. The first-order valence-corrected chi connectivity index (χ1v) is 3.04. The van der Waals surface area contributed by atoms with Gasteiger partial charge in [-0.1, -0.05) is 30.3 Å². The average molecular weight is 146 g/mol. The molecule has 2 heteroatoms. The zero-order valence-electron chi connectivity index (χ0n) is 6.20. The minimum atomic E-state index is 0. The van der Waals surface area contributed by atoms with Crippen LogP contribution in [-0.2, 0) is 0 Å². The molecule has 0 spiro atoms. The van der Waals surface area contributed by atoms with Gasteiger partial charge in [-0.25, -0.2) is 0 Å². The van der Waals surface area contributed by atoms with E-state index in [9.17, 15) is 0 Å². The lowest BCUT2D eigenvalue weighted by molar-refractivity contribution is 1.54. The van der Waals surface area contributed by atoms with E-state index in [1.54, 1.807) is 6.08 Å². The van der Waals surface area contributed by atoms with E-state index in [0.717, 1.165) is 5.56 Å². The standard InChI is InChI=1S/C9H7N.H3N/c10-8-4-7-9-5-2-1-3-6-9;/h1-7H;1H3/b7-4+;. The molecule has 0 saturated heterocycles. The Bertz CT molecular complexity index is 257. The summed E-state index contributed by atoms with van der Waals surface area (Å²) in [6, 6.07) is 11.7. The summed E-state index contributed by atoms with van der Waals surface area (Å²) in [5.41, 5.74) is 1.06. The molecule has 0 aliphatic carbocycles. The van der Waals surface area contributed by atoms with Gasteiger partial charge in [-0.05, 0) is 11.6 Å². The van der Waals surface area contributed by atoms with Gasteiger partial charge in [0.05, 0.1) is 6.07 Å². The number of benzene rings is 1. The molecule has 0 unspecified atom stereocenters. The van der Waals surface area contributed by atoms with Gasteiger partial charge in [-0.15, -0.1) is 0 Å². The van der Waals surface area contributed by atoms with Crippen molar-refractivity contribution in [3.63, 3.8) is 0 Å². The zero-order valence-corrected chi connectivity index (χ0v) is 6.20. The van der Waals surface area contributed by atoms with Gasteiger partial charge in [0, 0.05) is 6.08 Å². The highest BCUT2D eigenvalue weighted by molar-refractivity contribution is 5.51.